The minimum atomic E-state index is 0.400. The molecule has 0 bridgehead atoms. The summed E-state index contributed by atoms with van der Waals surface area (Å²) >= 11 is 1.99. The number of nitrogens with two attached hydrogens (primary N) is 1. The third-order valence-electron chi connectivity index (χ3n) is 3.32. The molecule has 2 heteroatoms. The standard InChI is InChI=1S/C13H19NS/c1-9-3-4-11(5-10(9)2)6-12-7-15-8-13(12)14/h3-5,12-13H,6-8,14H2,1-2H3. The van der Waals surface area contributed by atoms with Crippen LogP contribution >= 0.6 is 11.8 Å². The molecular weight excluding hydrogens is 202 g/mol. The van der Waals surface area contributed by atoms with Gasteiger partial charge in [-0.25, -0.2) is 0 Å². The number of aryl methyl sites for hydroxylation is 2. The molecule has 2 unspecified atom stereocenters. The third-order valence-corrected chi connectivity index (χ3v) is 4.60. The first-order chi connectivity index (χ1) is 7.16. The van der Waals surface area contributed by atoms with Gasteiger partial charge in [-0.2, -0.15) is 11.8 Å². The number of hydrogen-bond acceptors (Lipinski definition) is 2. The lowest BCUT2D eigenvalue weighted by molar-refractivity contribution is 0.515. The monoisotopic (exact) mass is 221 g/mol. The number of rotatable bonds is 2. The smallest absolute Gasteiger partial charge is 0.0170 e. The van der Waals surface area contributed by atoms with Gasteiger partial charge in [0.15, 0.2) is 0 Å². The largest absolute Gasteiger partial charge is 0.327 e. The molecule has 2 rings (SSSR count). The molecule has 15 heavy (non-hydrogen) atoms. The average molecular weight is 221 g/mol. The summed E-state index contributed by atoms with van der Waals surface area (Å²) in [5.41, 5.74) is 10.3. The second-order valence-electron chi connectivity index (χ2n) is 4.58. The van der Waals surface area contributed by atoms with Gasteiger partial charge in [-0.1, -0.05) is 18.2 Å². The molecule has 1 aliphatic heterocycles. The molecule has 0 radical (unpaired) electrons. The number of benzene rings is 1. The van der Waals surface area contributed by atoms with Crippen molar-refractivity contribution in [1.82, 2.24) is 0 Å². The highest BCUT2D eigenvalue weighted by Gasteiger charge is 2.24. The molecule has 2 N–H and O–H groups in total. The van der Waals surface area contributed by atoms with Gasteiger partial charge < -0.3 is 5.73 Å². The average Bonchev–Trinajstić information content (AvgIpc) is 2.59. The van der Waals surface area contributed by atoms with E-state index in [1.54, 1.807) is 0 Å². The summed E-state index contributed by atoms with van der Waals surface area (Å²) in [5, 5.41) is 0. The summed E-state index contributed by atoms with van der Waals surface area (Å²) in [6.07, 6.45) is 1.15. The molecule has 1 aliphatic rings. The fraction of sp³-hybridized carbons (Fsp3) is 0.538. The maximum absolute atomic E-state index is 6.07. The Kier molecular flexibility index (Phi) is 3.37. The maximum Gasteiger partial charge on any atom is 0.0170 e. The first-order valence-electron chi connectivity index (χ1n) is 5.56. The highest BCUT2D eigenvalue weighted by atomic mass is 32.2. The second-order valence-corrected chi connectivity index (χ2v) is 5.66. The fourth-order valence-corrected chi connectivity index (χ4v) is 3.41. The molecular formula is C13H19NS. The van der Waals surface area contributed by atoms with E-state index in [-0.39, 0.29) is 0 Å². The Labute approximate surface area is 96.4 Å². The summed E-state index contributed by atoms with van der Waals surface area (Å²) in [5.74, 6) is 3.04. The molecule has 0 spiro atoms. The predicted molar refractivity (Wildman–Crippen MR) is 68.4 cm³/mol. The van der Waals surface area contributed by atoms with Crippen LogP contribution in [0.25, 0.3) is 0 Å². The van der Waals surface area contributed by atoms with Crippen LogP contribution < -0.4 is 5.73 Å². The molecule has 0 aliphatic carbocycles. The van der Waals surface area contributed by atoms with Crippen molar-refractivity contribution in [3.63, 3.8) is 0 Å². The zero-order valence-corrected chi connectivity index (χ0v) is 10.3. The molecule has 1 heterocycles. The van der Waals surface area contributed by atoms with Crippen LogP contribution in [0, 0.1) is 19.8 Å². The van der Waals surface area contributed by atoms with Crippen molar-refractivity contribution >= 4 is 11.8 Å². The summed E-state index contributed by atoms with van der Waals surface area (Å²) in [7, 11) is 0. The summed E-state index contributed by atoms with van der Waals surface area (Å²) in [6.45, 7) is 4.35. The SMILES string of the molecule is Cc1ccc(CC2CSCC2N)cc1C. The van der Waals surface area contributed by atoms with Crippen LogP contribution in [0.3, 0.4) is 0 Å². The van der Waals surface area contributed by atoms with Crippen molar-refractivity contribution in [2.75, 3.05) is 11.5 Å². The van der Waals surface area contributed by atoms with Crippen molar-refractivity contribution in [3.8, 4) is 0 Å². The molecule has 1 aromatic rings. The van der Waals surface area contributed by atoms with E-state index >= 15 is 0 Å². The molecule has 1 saturated heterocycles. The van der Waals surface area contributed by atoms with Crippen molar-refractivity contribution < 1.29 is 0 Å². The van der Waals surface area contributed by atoms with Gasteiger partial charge in [0.1, 0.15) is 0 Å². The van der Waals surface area contributed by atoms with Crippen LogP contribution in [0.1, 0.15) is 16.7 Å². The lowest BCUT2D eigenvalue weighted by Gasteiger charge is -2.14. The summed E-state index contributed by atoms with van der Waals surface area (Å²) in [4.78, 5) is 0. The number of thioether (sulfide) groups is 1. The second kappa shape index (κ2) is 4.58. The van der Waals surface area contributed by atoms with Gasteiger partial charge in [0, 0.05) is 11.8 Å². The molecule has 0 aromatic heterocycles. The third kappa shape index (κ3) is 2.56. The number of hydrogen-bond donors (Lipinski definition) is 1. The topological polar surface area (TPSA) is 26.0 Å². The van der Waals surface area contributed by atoms with Crippen LogP contribution in [0.5, 0.6) is 0 Å². The van der Waals surface area contributed by atoms with Gasteiger partial charge in [-0.3, -0.25) is 0 Å². The van der Waals surface area contributed by atoms with Gasteiger partial charge in [-0.15, -0.1) is 0 Å². The van der Waals surface area contributed by atoms with Crippen molar-refractivity contribution in [2.45, 2.75) is 26.3 Å². The van der Waals surface area contributed by atoms with Crippen molar-refractivity contribution in [2.24, 2.45) is 11.7 Å². The van der Waals surface area contributed by atoms with Gasteiger partial charge in [0.2, 0.25) is 0 Å². The lowest BCUT2D eigenvalue weighted by Crippen LogP contribution is -2.29. The highest BCUT2D eigenvalue weighted by molar-refractivity contribution is 7.99. The summed E-state index contributed by atoms with van der Waals surface area (Å²) in [6, 6.07) is 7.18. The molecule has 1 fully saturated rings. The van der Waals surface area contributed by atoms with Gasteiger partial charge >= 0.3 is 0 Å². The molecule has 1 nitrogen and oxygen atoms in total. The predicted octanol–water partition coefficient (Wildman–Crippen LogP) is 2.54. The normalized spacial score (nSPS) is 25.8. The molecule has 0 amide bonds. The van der Waals surface area contributed by atoms with E-state index in [1.807, 2.05) is 11.8 Å². The van der Waals surface area contributed by atoms with Crippen LogP contribution in [0.2, 0.25) is 0 Å². The summed E-state index contributed by atoms with van der Waals surface area (Å²) < 4.78 is 0. The van der Waals surface area contributed by atoms with Crippen LogP contribution in [0.4, 0.5) is 0 Å². The van der Waals surface area contributed by atoms with Gasteiger partial charge in [-0.05, 0) is 48.6 Å². The van der Waals surface area contributed by atoms with E-state index in [0.717, 1.165) is 12.2 Å². The Morgan fingerprint density at radius 2 is 2.07 bits per heavy atom. The Bertz CT molecular complexity index is 348. The molecule has 1 aromatic carbocycles. The van der Waals surface area contributed by atoms with Gasteiger partial charge in [0.25, 0.3) is 0 Å². The first-order valence-corrected chi connectivity index (χ1v) is 6.72. The highest BCUT2D eigenvalue weighted by Crippen LogP contribution is 2.26. The minimum Gasteiger partial charge on any atom is -0.327 e. The van der Waals surface area contributed by atoms with E-state index in [4.69, 9.17) is 5.73 Å². The quantitative estimate of drug-likeness (QED) is 0.830. The Morgan fingerprint density at radius 3 is 2.67 bits per heavy atom. The van der Waals surface area contributed by atoms with Gasteiger partial charge in [0.05, 0.1) is 0 Å². The van der Waals surface area contributed by atoms with E-state index in [9.17, 15) is 0 Å². The minimum absolute atomic E-state index is 0.400. The van der Waals surface area contributed by atoms with E-state index < -0.39 is 0 Å². The lowest BCUT2D eigenvalue weighted by atomic mass is 9.94. The fourth-order valence-electron chi connectivity index (χ4n) is 2.06. The molecule has 0 saturated carbocycles. The maximum atomic E-state index is 6.07. The molecule has 2 atom stereocenters. The first kappa shape index (κ1) is 11.0. The molecule has 82 valence electrons. The van der Waals surface area contributed by atoms with E-state index in [0.29, 0.717) is 12.0 Å². The van der Waals surface area contributed by atoms with Crippen molar-refractivity contribution in [3.05, 3.63) is 34.9 Å². The zero-order valence-electron chi connectivity index (χ0n) is 9.49. The van der Waals surface area contributed by atoms with E-state index in [2.05, 4.69) is 32.0 Å². The Balaban J connectivity index is 2.07. The Hall–Kier alpha value is -0.470. The van der Waals surface area contributed by atoms with Crippen LogP contribution in [-0.2, 0) is 6.42 Å². The zero-order chi connectivity index (χ0) is 10.8. The van der Waals surface area contributed by atoms with Crippen LogP contribution in [-0.4, -0.2) is 17.5 Å². The Morgan fingerprint density at radius 1 is 1.27 bits per heavy atom. The van der Waals surface area contributed by atoms with Crippen molar-refractivity contribution in [1.29, 1.82) is 0 Å². The van der Waals surface area contributed by atoms with E-state index in [1.165, 1.54) is 22.4 Å². The van der Waals surface area contributed by atoms with Crippen LogP contribution in [0.15, 0.2) is 18.2 Å².